The van der Waals surface area contributed by atoms with E-state index in [0.717, 1.165) is 31.2 Å². The van der Waals surface area contributed by atoms with Gasteiger partial charge < -0.3 is 34.6 Å². The van der Waals surface area contributed by atoms with Crippen molar-refractivity contribution in [3.63, 3.8) is 0 Å². The first kappa shape index (κ1) is 36.2. The predicted octanol–water partition coefficient (Wildman–Crippen LogP) is 6.21. The molecule has 0 spiro atoms. The SMILES string of the molecule is CO[C@@H]1CC(=O)NC(Cc2ccccc2)CN(C(=O)Nc2ccc(Cl)cc2)CCCC(C)[C@H](OC2C[C@@H](N(C)C)C[C@@H](C)O2)[C@H]1C. The van der Waals surface area contributed by atoms with Gasteiger partial charge >= 0.3 is 6.03 Å². The van der Waals surface area contributed by atoms with E-state index in [1.165, 1.54) is 0 Å². The van der Waals surface area contributed by atoms with Gasteiger partial charge in [0.15, 0.2) is 6.29 Å². The fourth-order valence-electron chi connectivity index (χ4n) is 6.80. The lowest BCUT2D eigenvalue weighted by Crippen LogP contribution is -2.49. The molecule has 4 rings (SSSR count). The quantitative estimate of drug-likeness (QED) is 0.368. The molecule has 0 bridgehead atoms. The van der Waals surface area contributed by atoms with Crippen LogP contribution >= 0.6 is 11.6 Å². The van der Waals surface area contributed by atoms with Gasteiger partial charge in [-0.25, -0.2) is 4.79 Å². The second kappa shape index (κ2) is 17.5. The number of ether oxygens (including phenoxy) is 3. The Morgan fingerprint density at radius 3 is 2.48 bits per heavy atom. The molecule has 8 atom stereocenters. The van der Waals surface area contributed by atoms with Crippen LogP contribution in [0.25, 0.3) is 0 Å². The number of amides is 3. The molecule has 254 valence electrons. The van der Waals surface area contributed by atoms with Crippen molar-refractivity contribution in [3.05, 3.63) is 65.2 Å². The molecule has 2 saturated heterocycles. The van der Waals surface area contributed by atoms with Crippen LogP contribution in [0.15, 0.2) is 54.6 Å². The van der Waals surface area contributed by atoms with Gasteiger partial charge in [-0.05, 0) is 82.4 Å². The zero-order valence-corrected chi connectivity index (χ0v) is 29.0. The summed E-state index contributed by atoms with van der Waals surface area (Å²) in [7, 11) is 5.87. The Morgan fingerprint density at radius 1 is 1.09 bits per heavy atom. The number of halogens is 1. The maximum absolute atomic E-state index is 13.7. The molecule has 46 heavy (non-hydrogen) atoms. The number of urea groups is 1. The van der Waals surface area contributed by atoms with Crippen LogP contribution in [0.5, 0.6) is 0 Å². The number of carbonyl (C=O) groups excluding carboxylic acids is 2. The topological polar surface area (TPSA) is 92.4 Å². The molecular formula is C36H53ClN4O5. The fourth-order valence-corrected chi connectivity index (χ4v) is 6.93. The molecule has 2 aromatic rings. The summed E-state index contributed by atoms with van der Waals surface area (Å²) in [6.07, 6.45) is 3.33. The van der Waals surface area contributed by atoms with Gasteiger partial charge in [-0.1, -0.05) is 55.8 Å². The molecule has 2 aromatic carbocycles. The highest BCUT2D eigenvalue weighted by atomic mass is 35.5. The summed E-state index contributed by atoms with van der Waals surface area (Å²) >= 11 is 6.08. The number of hydrogen-bond donors (Lipinski definition) is 2. The van der Waals surface area contributed by atoms with Crippen molar-refractivity contribution in [1.29, 1.82) is 0 Å². The van der Waals surface area contributed by atoms with Crippen LogP contribution in [-0.2, 0) is 25.4 Å². The Balaban J connectivity index is 1.58. The molecular weight excluding hydrogens is 604 g/mol. The van der Waals surface area contributed by atoms with Gasteiger partial charge in [-0.15, -0.1) is 0 Å². The number of carbonyl (C=O) groups is 2. The lowest BCUT2D eigenvalue weighted by atomic mass is 9.85. The first-order valence-corrected chi connectivity index (χ1v) is 17.0. The third-order valence-corrected chi connectivity index (χ3v) is 9.70. The number of methoxy groups -OCH3 is 1. The Hall–Kier alpha value is -2.69. The van der Waals surface area contributed by atoms with Crippen molar-refractivity contribution in [2.75, 3.05) is 39.6 Å². The highest BCUT2D eigenvalue weighted by Crippen LogP contribution is 2.32. The smallest absolute Gasteiger partial charge is 0.321 e. The largest absolute Gasteiger partial charge is 0.381 e. The van der Waals surface area contributed by atoms with Gasteiger partial charge in [0.1, 0.15) is 0 Å². The molecule has 2 heterocycles. The normalized spacial score (nSPS) is 30.1. The molecule has 2 fully saturated rings. The third kappa shape index (κ3) is 10.7. The minimum atomic E-state index is -0.347. The molecule has 3 unspecified atom stereocenters. The number of hydrogen-bond acceptors (Lipinski definition) is 6. The van der Waals surface area contributed by atoms with Crippen molar-refractivity contribution in [3.8, 4) is 0 Å². The third-order valence-electron chi connectivity index (χ3n) is 9.45. The average Bonchev–Trinajstić information content (AvgIpc) is 3.03. The molecule has 2 N–H and O–H groups in total. The monoisotopic (exact) mass is 656 g/mol. The highest BCUT2D eigenvalue weighted by Gasteiger charge is 2.38. The summed E-state index contributed by atoms with van der Waals surface area (Å²) in [6.45, 7) is 7.30. The summed E-state index contributed by atoms with van der Waals surface area (Å²) in [4.78, 5) is 31.4. The minimum Gasteiger partial charge on any atom is -0.381 e. The highest BCUT2D eigenvalue weighted by molar-refractivity contribution is 6.30. The Kier molecular flexibility index (Phi) is 13.7. The van der Waals surface area contributed by atoms with Gasteiger partial charge in [0.25, 0.3) is 0 Å². The molecule has 10 heteroatoms. The second-order valence-electron chi connectivity index (χ2n) is 13.4. The van der Waals surface area contributed by atoms with Crippen LogP contribution < -0.4 is 10.6 Å². The summed E-state index contributed by atoms with van der Waals surface area (Å²) in [6, 6.07) is 17.0. The molecule has 0 aromatic heterocycles. The molecule has 3 amide bonds. The predicted molar refractivity (Wildman–Crippen MR) is 183 cm³/mol. The van der Waals surface area contributed by atoms with E-state index in [1.54, 1.807) is 31.4 Å². The van der Waals surface area contributed by atoms with Crippen LogP contribution in [0.3, 0.4) is 0 Å². The van der Waals surface area contributed by atoms with Gasteiger partial charge in [0.2, 0.25) is 5.91 Å². The Morgan fingerprint density at radius 2 is 1.80 bits per heavy atom. The number of nitrogens with zero attached hydrogens (tertiary/aromatic N) is 2. The van der Waals surface area contributed by atoms with Crippen LogP contribution in [0.2, 0.25) is 5.02 Å². The molecule has 0 radical (unpaired) electrons. The van der Waals surface area contributed by atoms with Gasteiger partial charge in [-0.2, -0.15) is 0 Å². The van der Waals surface area contributed by atoms with Gasteiger partial charge in [0.05, 0.1) is 30.8 Å². The Labute approximate surface area is 280 Å². The summed E-state index contributed by atoms with van der Waals surface area (Å²) in [5, 5.41) is 6.87. The first-order valence-electron chi connectivity index (χ1n) is 16.7. The van der Waals surface area contributed by atoms with E-state index >= 15 is 0 Å². The van der Waals surface area contributed by atoms with E-state index < -0.39 is 0 Å². The molecule has 2 aliphatic rings. The fraction of sp³-hybridized carbons (Fsp3) is 0.611. The van der Waals surface area contributed by atoms with Crippen LogP contribution in [0.4, 0.5) is 10.5 Å². The molecule has 0 aliphatic carbocycles. The molecule has 0 saturated carbocycles. The molecule has 2 aliphatic heterocycles. The van der Waals surface area contributed by atoms with Crippen molar-refractivity contribution >= 4 is 29.2 Å². The van der Waals surface area contributed by atoms with Gasteiger partial charge in [0, 0.05) is 49.3 Å². The first-order chi connectivity index (χ1) is 22.0. The van der Waals surface area contributed by atoms with Crippen LogP contribution in [0.1, 0.15) is 58.4 Å². The van der Waals surface area contributed by atoms with Gasteiger partial charge in [-0.3, -0.25) is 4.79 Å². The maximum atomic E-state index is 13.7. The lowest BCUT2D eigenvalue weighted by molar-refractivity contribution is -0.242. The number of benzene rings is 2. The van der Waals surface area contributed by atoms with E-state index in [9.17, 15) is 9.59 Å². The number of anilines is 1. The van der Waals surface area contributed by atoms with Crippen LogP contribution in [0, 0.1) is 11.8 Å². The van der Waals surface area contributed by atoms with E-state index in [1.807, 2.05) is 35.2 Å². The minimum absolute atomic E-state index is 0.0676. The summed E-state index contributed by atoms with van der Waals surface area (Å²) < 4.78 is 19.1. The Bertz CT molecular complexity index is 1230. The van der Waals surface area contributed by atoms with Crippen molar-refractivity contribution in [2.45, 2.75) is 96.0 Å². The standard InChI is InChI=1S/C36H53ClN4O5/c1-24-11-10-18-41(36(43)39-29-16-14-28(37)15-17-29)23-30(20-27-12-8-7-9-13-27)38-33(42)22-32(44-6)26(3)35(24)46-34-21-31(40(4)5)19-25(2)45-34/h7-9,12-17,24-26,30-32,34-35H,10-11,18-23H2,1-6H3,(H,38,42)(H,39,43)/t24?,25-,26+,30?,31+,32-,34?,35+/m1/s1. The second-order valence-corrected chi connectivity index (χ2v) is 13.8. The maximum Gasteiger partial charge on any atom is 0.321 e. The van der Waals surface area contributed by atoms with E-state index in [0.29, 0.717) is 36.3 Å². The van der Waals surface area contributed by atoms with E-state index in [4.69, 9.17) is 25.8 Å². The van der Waals surface area contributed by atoms with Crippen molar-refractivity contribution in [2.24, 2.45) is 11.8 Å². The summed E-state index contributed by atoms with van der Waals surface area (Å²) in [5.41, 5.74) is 1.75. The van der Waals surface area contributed by atoms with Crippen molar-refractivity contribution < 1.29 is 23.8 Å². The zero-order valence-electron chi connectivity index (χ0n) is 28.3. The van der Waals surface area contributed by atoms with Crippen LogP contribution in [-0.4, -0.2) is 92.7 Å². The average molecular weight is 657 g/mol. The zero-order chi connectivity index (χ0) is 33.2. The van der Waals surface area contributed by atoms with E-state index in [2.05, 4.69) is 50.4 Å². The lowest BCUT2D eigenvalue weighted by Gasteiger charge is -2.41. The molecule has 9 nitrogen and oxygen atoms in total. The van der Waals surface area contributed by atoms with E-state index in [-0.39, 0.29) is 60.8 Å². The van der Waals surface area contributed by atoms with Crippen molar-refractivity contribution in [1.82, 2.24) is 15.1 Å². The number of nitrogens with one attached hydrogen (secondary N) is 2. The summed E-state index contributed by atoms with van der Waals surface area (Å²) in [5.74, 6) is -0.0445. The number of rotatable bonds is 7.